The summed E-state index contributed by atoms with van der Waals surface area (Å²) in [5.74, 6) is -0.593. The summed E-state index contributed by atoms with van der Waals surface area (Å²) in [4.78, 5) is 34.9. The van der Waals surface area contributed by atoms with E-state index >= 15 is 0 Å². The number of halogens is 1. The fraction of sp³-hybridized carbons (Fsp3) is 0.667. The largest absolute Gasteiger partial charge is 0.344 e. The van der Waals surface area contributed by atoms with Gasteiger partial charge in [0.2, 0.25) is 11.8 Å². The lowest BCUT2D eigenvalue weighted by Crippen LogP contribution is -2.52. The first-order valence-electron chi connectivity index (χ1n) is 4.72. The second kappa shape index (κ2) is 5.11. The van der Waals surface area contributed by atoms with Gasteiger partial charge in [0.05, 0.1) is 0 Å². The van der Waals surface area contributed by atoms with Crippen LogP contribution in [0.2, 0.25) is 0 Å². The summed E-state index contributed by atoms with van der Waals surface area (Å²) >= 11 is 5.39. The van der Waals surface area contributed by atoms with Crippen LogP contribution in [-0.2, 0) is 14.4 Å². The van der Waals surface area contributed by atoms with Crippen LogP contribution in [0.25, 0.3) is 0 Å². The Bertz CT molecular complexity index is 293. The van der Waals surface area contributed by atoms with Crippen molar-refractivity contribution in [2.75, 3.05) is 12.9 Å². The number of piperidine rings is 1. The molecule has 1 rings (SSSR count). The lowest BCUT2D eigenvalue weighted by molar-refractivity contribution is -0.149. The van der Waals surface area contributed by atoms with Gasteiger partial charge in [-0.2, -0.15) is 0 Å². The molecule has 6 heteroatoms. The predicted octanol–water partition coefficient (Wildman–Crippen LogP) is -0.121. The Morgan fingerprint density at radius 1 is 1.60 bits per heavy atom. The number of nitrogens with zero attached hydrogens (tertiary/aromatic N) is 1. The van der Waals surface area contributed by atoms with Crippen molar-refractivity contribution >= 4 is 29.3 Å². The van der Waals surface area contributed by atoms with Gasteiger partial charge in [0, 0.05) is 25.8 Å². The maximum Gasteiger partial charge on any atom is 0.251 e. The van der Waals surface area contributed by atoms with Gasteiger partial charge in [-0.3, -0.25) is 19.3 Å². The predicted molar refractivity (Wildman–Crippen MR) is 54.3 cm³/mol. The van der Waals surface area contributed by atoms with Crippen LogP contribution in [0.15, 0.2) is 0 Å². The first-order valence-corrected chi connectivity index (χ1v) is 5.25. The monoisotopic (exact) mass is 232 g/mol. The van der Waals surface area contributed by atoms with Gasteiger partial charge >= 0.3 is 0 Å². The molecule has 84 valence electrons. The van der Waals surface area contributed by atoms with Gasteiger partial charge in [0.15, 0.2) is 0 Å². The molecule has 0 aromatic heterocycles. The highest BCUT2D eigenvalue weighted by Gasteiger charge is 2.32. The Balaban J connectivity index is 2.53. The topological polar surface area (TPSA) is 66.5 Å². The molecule has 1 saturated heterocycles. The van der Waals surface area contributed by atoms with Crippen molar-refractivity contribution in [1.29, 1.82) is 0 Å². The number of amides is 3. The highest BCUT2D eigenvalue weighted by atomic mass is 35.5. The van der Waals surface area contributed by atoms with Crippen molar-refractivity contribution in [2.45, 2.75) is 25.3 Å². The van der Waals surface area contributed by atoms with E-state index in [9.17, 15) is 14.4 Å². The number of hydrogen-bond donors (Lipinski definition) is 1. The molecule has 1 fully saturated rings. The number of carbonyl (C=O) groups is 3. The minimum absolute atomic E-state index is 0.184. The summed E-state index contributed by atoms with van der Waals surface area (Å²) in [6.45, 7) is 0. The molecule has 1 unspecified atom stereocenters. The van der Waals surface area contributed by atoms with E-state index in [0.29, 0.717) is 6.42 Å². The van der Waals surface area contributed by atoms with Crippen LogP contribution in [0, 0.1) is 0 Å². The molecule has 1 N–H and O–H groups in total. The van der Waals surface area contributed by atoms with E-state index in [1.807, 2.05) is 0 Å². The summed E-state index contributed by atoms with van der Waals surface area (Å²) in [7, 11) is 1.42. The molecule has 1 aliphatic rings. The molecule has 0 aromatic rings. The van der Waals surface area contributed by atoms with E-state index < -0.39 is 6.04 Å². The third-order valence-electron chi connectivity index (χ3n) is 2.31. The zero-order chi connectivity index (χ0) is 11.4. The lowest BCUT2D eigenvalue weighted by Gasteiger charge is -2.28. The molecular formula is C9H13ClN2O3. The first kappa shape index (κ1) is 12.0. The van der Waals surface area contributed by atoms with Crippen LogP contribution in [0.3, 0.4) is 0 Å². The van der Waals surface area contributed by atoms with Gasteiger partial charge in [-0.15, -0.1) is 11.6 Å². The third kappa shape index (κ3) is 2.92. The third-order valence-corrected chi connectivity index (χ3v) is 2.50. The zero-order valence-corrected chi connectivity index (χ0v) is 9.21. The number of nitrogens with one attached hydrogen (secondary N) is 1. The van der Waals surface area contributed by atoms with Gasteiger partial charge in [0.1, 0.15) is 6.04 Å². The van der Waals surface area contributed by atoms with E-state index in [-0.39, 0.29) is 36.4 Å². The Morgan fingerprint density at radius 2 is 2.27 bits per heavy atom. The molecule has 5 nitrogen and oxygen atoms in total. The number of likely N-dealkylation sites (tertiary alicyclic amines) is 1. The highest BCUT2D eigenvalue weighted by Crippen LogP contribution is 2.11. The molecule has 0 saturated carbocycles. The Hall–Kier alpha value is -1.10. The maximum absolute atomic E-state index is 11.5. The fourth-order valence-corrected chi connectivity index (χ4v) is 1.57. The SMILES string of the molecule is CN1C(=O)CCC(NC(=O)CCCl)C1=O. The smallest absolute Gasteiger partial charge is 0.251 e. The Kier molecular flexibility index (Phi) is 4.08. The molecule has 1 heterocycles. The fourth-order valence-electron chi connectivity index (χ4n) is 1.40. The standard InChI is InChI=1S/C9H13ClN2O3/c1-12-8(14)3-2-6(9(12)15)11-7(13)4-5-10/h6H,2-5H2,1H3,(H,11,13). The van der Waals surface area contributed by atoms with Crippen molar-refractivity contribution in [3.05, 3.63) is 0 Å². The Morgan fingerprint density at radius 3 is 2.87 bits per heavy atom. The molecule has 0 aromatic carbocycles. The maximum atomic E-state index is 11.5. The van der Waals surface area contributed by atoms with Crippen molar-refractivity contribution in [2.24, 2.45) is 0 Å². The van der Waals surface area contributed by atoms with E-state index in [4.69, 9.17) is 11.6 Å². The van der Waals surface area contributed by atoms with Crippen LogP contribution < -0.4 is 5.32 Å². The zero-order valence-electron chi connectivity index (χ0n) is 8.46. The van der Waals surface area contributed by atoms with Crippen LogP contribution in [0.4, 0.5) is 0 Å². The van der Waals surface area contributed by atoms with E-state index in [2.05, 4.69) is 5.32 Å². The number of rotatable bonds is 3. The van der Waals surface area contributed by atoms with Crippen LogP contribution in [0.5, 0.6) is 0 Å². The summed E-state index contributed by atoms with van der Waals surface area (Å²) in [5, 5.41) is 2.55. The molecule has 0 radical (unpaired) electrons. The number of imide groups is 1. The molecule has 0 spiro atoms. The van der Waals surface area contributed by atoms with Crippen LogP contribution in [-0.4, -0.2) is 41.6 Å². The average molecular weight is 233 g/mol. The van der Waals surface area contributed by atoms with Gasteiger partial charge in [-0.05, 0) is 6.42 Å². The molecule has 0 aliphatic carbocycles. The summed E-state index contributed by atoms with van der Waals surface area (Å²) in [5.41, 5.74) is 0. The number of likely N-dealkylation sites (N-methyl/N-ethyl adjacent to an activating group) is 1. The minimum atomic E-state index is -0.580. The quantitative estimate of drug-likeness (QED) is 0.545. The molecule has 1 atom stereocenters. The average Bonchev–Trinajstić information content (AvgIpc) is 2.20. The summed E-state index contributed by atoms with van der Waals surface area (Å²) in [6, 6.07) is -0.580. The van der Waals surface area contributed by atoms with Gasteiger partial charge in [-0.25, -0.2) is 0 Å². The Labute approximate surface area is 92.8 Å². The van der Waals surface area contributed by atoms with Gasteiger partial charge in [0.25, 0.3) is 5.91 Å². The second-order valence-electron chi connectivity index (χ2n) is 3.39. The summed E-state index contributed by atoms with van der Waals surface area (Å²) < 4.78 is 0. The highest BCUT2D eigenvalue weighted by molar-refractivity contribution is 6.19. The van der Waals surface area contributed by atoms with Gasteiger partial charge < -0.3 is 5.32 Å². The van der Waals surface area contributed by atoms with Crippen molar-refractivity contribution in [3.63, 3.8) is 0 Å². The second-order valence-corrected chi connectivity index (χ2v) is 3.77. The molecular weight excluding hydrogens is 220 g/mol. The van der Waals surface area contributed by atoms with Crippen molar-refractivity contribution < 1.29 is 14.4 Å². The minimum Gasteiger partial charge on any atom is -0.344 e. The normalized spacial score (nSPS) is 21.7. The van der Waals surface area contributed by atoms with Crippen molar-refractivity contribution in [3.8, 4) is 0 Å². The van der Waals surface area contributed by atoms with Crippen LogP contribution >= 0.6 is 11.6 Å². The lowest BCUT2D eigenvalue weighted by atomic mass is 10.0. The molecule has 3 amide bonds. The van der Waals surface area contributed by atoms with Gasteiger partial charge in [-0.1, -0.05) is 0 Å². The van der Waals surface area contributed by atoms with Crippen molar-refractivity contribution in [1.82, 2.24) is 10.2 Å². The molecule has 15 heavy (non-hydrogen) atoms. The number of carbonyl (C=O) groups excluding carboxylic acids is 3. The molecule has 1 aliphatic heterocycles. The van der Waals surface area contributed by atoms with E-state index in [1.54, 1.807) is 0 Å². The van der Waals surface area contributed by atoms with E-state index in [1.165, 1.54) is 7.05 Å². The first-order chi connectivity index (χ1) is 7.06. The number of alkyl halides is 1. The molecule has 0 bridgehead atoms. The van der Waals surface area contributed by atoms with E-state index in [0.717, 1.165) is 4.90 Å². The van der Waals surface area contributed by atoms with Crippen LogP contribution in [0.1, 0.15) is 19.3 Å². The summed E-state index contributed by atoms with van der Waals surface area (Å²) in [6.07, 6.45) is 0.840. The number of hydrogen-bond acceptors (Lipinski definition) is 3.